The van der Waals surface area contributed by atoms with E-state index in [1.807, 2.05) is 6.92 Å². The van der Waals surface area contributed by atoms with Gasteiger partial charge in [-0.3, -0.25) is 0 Å². The average molecular weight is 185 g/mol. The molecule has 1 aliphatic rings. The Morgan fingerprint density at radius 3 is 2.38 bits per heavy atom. The summed E-state index contributed by atoms with van der Waals surface area (Å²) in [7, 11) is 0. The van der Waals surface area contributed by atoms with Crippen molar-refractivity contribution in [2.24, 2.45) is 5.92 Å². The molecule has 0 aromatic heterocycles. The van der Waals surface area contributed by atoms with Crippen molar-refractivity contribution < 1.29 is 5.11 Å². The highest BCUT2D eigenvalue weighted by Gasteiger charge is 2.19. The monoisotopic (exact) mass is 185 g/mol. The average Bonchev–Trinajstić information content (AvgIpc) is 2.15. The summed E-state index contributed by atoms with van der Waals surface area (Å²) in [5.74, 6) is 0.840. The fourth-order valence-corrected chi connectivity index (χ4v) is 2.16. The molecule has 1 unspecified atom stereocenters. The molecule has 1 aliphatic carbocycles. The van der Waals surface area contributed by atoms with Crippen molar-refractivity contribution in [3.8, 4) is 0 Å². The first-order valence-electron chi connectivity index (χ1n) is 5.61. The van der Waals surface area contributed by atoms with Crippen molar-refractivity contribution in [2.45, 2.75) is 58.1 Å². The minimum Gasteiger partial charge on any atom is -0.392 e. The Kier molecular flexibility index (Phi) is 4.74. The van der Waals surface area contributed by atoms with Crippen LogP contribution in [-0.4, -0.2) is 23.8 Å². The summed E-state index contributed by atoms with van der Waals surface area (Å²) >= 11 is 0. The third kappa shape index (κ3) is 4.10. The molecule has 2 nitrogen and oxygen atoms in total. The van der Waals surface area contributed by atoms with Crippen LogP contribution < -0.4 is 5.32 Å². The molecule has 13 heavy (non-hydrogen) atoms. The third-order valence-corrected chi connectivity index (χ3v) is 3.09. The molecule has 78 valence electrons. The zero-order chi connectivity index (χ0) is 9.68. The van der Waals surface area contributed by atoms with Gasteiger partial charge in [-0.1, -0.05) is 19.3 Å². The Labute approximate surface area is 81.7 Å². The van der Waals surface area contributed by atoms with Gasteiger partial charge < -0.3 is 10.4 Å². The zero-order valence-corrected chi connectivity index (χ0v) is 8.92. The summed E-state index contributed by atoms with van der Waals surface area (Å²) in [5, 5.41) is 12.5. The van der Waals surface area contributed by atoms with Crippen molar-refractivity contribution in [1.29, 1.82) is 0 Å². The lowest BCUT2D eigenvalue weighted by molar-refractivity contribution is 0.175. The molecule has 2 atom stereocenters. The summed E-state index contributed by atoms with van der Waals surface area (Å²) in [5.41, 5.74) is 0. The molecular weight excluding hydrogens is 162 g/mol. The van der Waals surface area contributed by atoms with Gasteiger partial charge in [-0.05, 0) is 32.6 Å². The first-order valence-corrected chi connectivity index (χ1v) is 5.61. The number of hydrogen-bond donors (Lipinski definition) is 2. The molecule has 0 amide bonds. The van der Waals surface area contributed by atoms with Crippen molar-refractivity contribution in [1.82, 2.24) is 5.32 Å². The Bertz CT molecular complexity index is 130. The van der Waals surface area contributed by atoms with Crippen LogP contribution in [0, 0.1) is 5.92 Å². The first kappa shape index (κ1) is 11.0. The second-order valence-corrected chi connectivity index (χ2v) is 4.44. The summed E-state index contributed by atoms with van der Waals surface area (Å²) in [4.78, 5) is 0. The normalized spacial score (nSPS) is 24.2. The van der Waals surface area contributed by atoms with Gasteiger partial charge in [0.05, 0.1) is 6.10 Å². The predicted octanol–water partition coefficient (Wildman–Crippen LogP) is 1.93. The topological polar surface area (TPSA) is 32.3 Å². The van der Waals surface area contributed by atoms with Crippen LogP contribution >= 0.6 is 0 Å². The summed E-state index contributed by atoms with van der Waals surface area (Å²) in [6.07, 6.45) is 6.73. The number of rotatable bonds is 4. The van der Waals surface area contributed by atoms with Gasteiger partial charge in [0.2, 0.25) is 0 Å². The van der Waals surface area contributed by atoms with Crippen molar-refractivity contribution in [3.05, 3.63) is 0 Å². The maximum absolute atomic E-state index is 9.14. The van der Waals surface area contributed by atoms with Crippen LogP contribution in [0.2, 0.25) is 0 Å². The van der Waals surface area contributed by atoms with E-state index >= 15 is 0 Å². The smallest absolute Gasteiger partial charge is 0.0636 e. The van der Waals surface area contributed by atoms with Gasteiger partial charge in [-0.15, -0.1) is 0 Å². The lowest BCUT2D eigenvalue weighted by Crippen LogP contribution is -2.38. The maximum Gasteiger partial charge on any atom is 0.0636 e. The molecule has 0 aliphatic heterocycles. The van der Waals surface area contributed by atoms with Gasteiger partial charge in [0, 0.05) is 12.6 Å². The van der Waals surface area contributed by atoms with E-state index in [4.69, 9.17) is 5.11 Å². The molecule has 0 radical (unpaired) electrons. The van der Waals surface area contributed by atoms with Crippen LogP contribution in [0.25, 0.3) is 0 Å². The summed E-state index contributed by atoms with van der Waals surface area (Å²) < 4.78 is 0. The Morgan fingerprint density at radius 2 is 1.85 bits per heavy atom. The zero-order valence-electron chi connectivity index (χ0n) is 8.92. The molecule has 0 bridgehead atoms. The van der Waals surface area contributed by atoms with Crippen LogP contribution in [0.1, 0.15) is 46.0 Å². The molecule has 0 heterocycles. The maximum atomic E-state index is 9.14. The highest BCUT2D eigenvalue weighted by Crippen LogP contribution is 2.26. The quantitative estimate of drug-likeness (QED) is 0.701. The van der Waals surface area contributed by atoms with Gasteiger partial charge in [0.25, 0.3) is 0 Å². The predicted molar refractivity (Wildman–Crippen MR) is 55.7 cm³/mol. The lowest BCUT2D eigenvalue weighted by atomic mass is 9.84. The van der Waals surface area contributed by atoms with Gasteiger partial charge >= 0.3 is 0 Å². The van der Waals surface area contributed by atoms with Crippen LogP contribution in [0.15, 0.2) is 0 Å². The van der Waals surface area contributed by atoms with E-state index in [1.165, 1.54) is 32.1 Å². The van der Waals surface area contributed by atoms with E-state index in [1.54, 1.807) is 0 Å². The van der Waals surface area contributed by atoms with Crippen LogP contribution in [0.5, 0.6) is 0 Å². The fraction of sp³-hybridized carbons (Fsp3) is 1.00. The number of nitrogens with one attached hydrogen (secondary N) is 1. The Balaban J connectivity index is 2.17. The second-order valence-electron chi connectivity index (χ2n) is 4.44. The van der Waals surface area contributed by atoms with Crippen LogP contribution in [-0.2, 0) is 0 Å². The van der Waals surface area contributed by atoms with Crippen LogP contribution in [0.4, 0.5) is 0 Å². The van der Waals surface area contributed by atoms with Crippen LogP contribution in [0.3, 0.4) is 0 Å². The lowest BCUT2D eigenvalue weighted by Gasteiger charge is -2.28. The molecule has 0 saturated heterocycles. The Hall–Kier alpha value is -0.0800. The largest absolute Gasteiger partial charge is 0.392 e. The number of aliphatic hydroxyl groups is 1. The summed E-state index contributed by atoms with van der Waals surface area (Å²) in [6.45, 7) is 4.82. The molecular formula is C11H23NO. The van der Waals surface area contributed by atoms with E-state index in [-0.39, 0.29) is 6.10 Å². The fourth-order valence-electron chi connectivity index (χ4n) is 2.16. The number of hydrogen-bond acceptors (Lipinski definition) is 2. The molecule has 0 spiro atoms. The molecule has 2 heteroatoms. The first-order chi connectivity index (χ1) is 6.20. The van der Waals surface area contributed by atoms with Gasteiger partial charge in [0.1, 0.15) is 0 Å². The second kappa shape index (κ2) is 5.61. The molecule has 1 rings (SSSR count). The highest BCUT2D eigenvalue weighted by atomic mass is 16.3. The van der Waals surface area contributed by atoms with E-state index in [0.717, 1.165) is 12.5 Å². The van der Waals surface area contributed by atoms with Gasteiger partial charge in [-0.25, -0.2) is 0 Å². The third-order valence-electron chi connectivity index (χ3n) is 3.09. The minimum atomic E-state index is -0.217. The molecule has 2 N–H and O–H groups in total. The minimum absolute atomic E-state index is 0.217. The van der Waals surface area contributed by atoms with Crippen molar-refractivity contribution >= 4 is 0 Å². The summed E-state index contributed by atoms with van der Waals surface area (Å²) in [6, 6.07) is 0.579. The van der Waals surface area contributed by atoms with E-state index < -0.39 is 0 Å². The molecule has 1 fully saturated rings. The van der Waals surface area contributed by atoms with Gasteiger partial charge in [-0.2, -0.15) is 0 Å². The van der Waals surface area contributed by atoms with E-state index in [0.29, 0.717) is 6.04 Å². The van der Waals surface area contributed by atoms with Gasteiger partial charge in [0.15, 0.2) is 0 Å². The Morgan fingerprint density at radius 1 is 1.23 bits per heavy atom. The molecule has 0 aromatic carbocycles. The van der Waals surface area contributed by atoms with Crippen molar-refractivity contribution in [2.75, 3.05) is 6.54 Å². The molecule has 0 aromatic rings. The SMILES string of the molecule is CC(O)CN[C@@H](C)C1CCCCC1. The highest BCUT2D eigenvalue weighted by molar-refractivity contribution is 4.76. The van der Waals surface area contributed by atoms with E-state index in [2.05, 4.69) is 12.2 Å². The van der Waals surface area contributed by atoms with Crippen molar-refractivity contribution in [3.63, 3.8) is 0 Å². The molecule has 1 saturated carbocycles. The standard InChI is InChI=1S/C11H23NO/c1-9(13)8-12-10(2)11-6-4-3-5-7-11/h9-13H,3-8H2,1-2H3/t9?,10-/m0/s1. The number of aliphatic hydroxyl groups excluding tert-OH is 1. The van der Waals surface area contributed by atoms with E-state index in [9.17, 15) is 0 Å².